The molecule has 0 atom stereocenters. The molecule has 0 unspecified atom stereocenters. The van der Waals surface area contributed by atoms with Gasteiger partial charge in [0, 0.05) is 58.8 Å². The zero-order valence-electron chi connectivity index (χ0n) is 33.5. The Morgan fingerprint density at radius 1 is 0.323 bits per heavy atom. The van der Waals surface area contributed by atoms with Gasteiger partial charge in [0.05, 0.1) is 16.7 Å². The molecule has 0 amide bonds. The minimum absolute atomic E-state index is 0.609. The Hall–Kier alpha value is -7.99. The van der Waals surface area contributed by atoms with Crippen LogP contribution in [0.15, 0.2) is 218 Å². The highest BCUT2D eigenvalue weighted by Gasteiger charge is 2.21. The van der Waals surface area contributed by atoms with Crippen molar-refractivity contribution in [2.75, 3.05) is 0 Å². The van der Waals surface area contributed by atoms with Crippen LogP contribution in [-0.2, 0) is 0 Å². The van der Waals surface area contributed by atoms with E-state index in [0.29, 0.717) is 17.5 Å². The van der Waals surface area contributed by atoms with Crippen molar-refractivity contribution >= 4 is 53.3 Å². The average Bonchev–Trinajstić information content (AvgIpc) is 3.91. The predicted molar refractivity (Wildman–Crippen MR) is 260 cm³/mol. The molecule has 12 rings (SSSR count). The van der Waals surface area contributed by atoms with Crippen molar-refractivity contribution in [3.8, 4) is 73.2 Å². The van der Waals surface area contributed by atoms with E-state index in [-0.39, 0.29) is 0 Å². The normalized spacial score (nSPS) is 11.5. The number of thiophene rings is 1. The summed E-state index contributed by atoms with van der Waals surface area (Å²) in [7, 11) is 0. The van der Waals surface area contributed by atoms with E-state index in [1.165, 1.54) is 47.6 Å². The lowest BCUT2D eigenvalue weighted by atomic mass is 9.99. The Labute approximate surface area is 362 Å². The number of rotatable bonds is 7. The SMILES string of the molecule is c1ccc(-c2nc(-c3ccc(-c4cccc5c4sc4ccccc45)cc3)nc(-c3ccc(-c4ccccc4)c(-n4c5ccccc5c5cccc(-c6ccccc6)c54)c3)n2)cc1. The van der Waals surface area contributed by atoms with Gasteiger partial charge in [-0.2, -0.15) is 0 Å². The van der Waals surface area contributed by atoms with Crippen molar-refractivity contribution in [2.24, 2.45) is 0 Å². The summed E-state index contributed by atoms with van der Waals surface area (Å²) >= 11 is 1.85. The van der Waals surface area contributed by atoms with Gasteiger partial charge in [-0.05, 0) is 40.5 Å². The molecule has 290 valence electrons. The van der Waals surface area contributed by atoms with Gasteiger partial charge in [0.2, 0.25) is 0 Å². The van der Waals surface area contributed by atoms with Crippen LogP contribution in [0, 0.1) is 0 Å². The molecule has 0 spiro atoms. The summed E-state index contributed by atoms with van der Waals surface area (Å²) in [4.78, 5) is 15.6. The van der Waals surface area contributed by atoms with Gasteiger partial charge in [-0.25, -0.2) is 15.0 Å². The van der Waals surface area contributed by atoms with E-state index in [1.54, 1.807) is 0 Å². The third kappa shape index (κ3) is 6.09. The molecule has 62 heavy (non-hydrogen) atoms. The first-order valence-corrected chi connectivity index (χ1v) is 21.7. The molecule has 0 aliphatic heterocycles. The van der Waals surface area contributed by atoms with Gasteiger partial charge in [0.25, 0.3) is 0 Å². The van der Waals surface area contributed by atoms with Crippen LogP contribution in [0.3, 0.4) is 0 Å². The smallest absolute Gasteiger partial charge is 0.164 e. The van der Waals surface area contributed by atoms with E-state index < -0.39 is 0 Å². The van der Waals surface area contributed by atoms with E-state index in [9.17, 15) is 0 Å². The van der Waals surface area contributed by atoms with Gasteiger partial charge < -0.3 is 4.57 Å². The van der Waals surface area contributed by atoms with Crippen molar-refractivity contribution in [1.29, 1.82) is 0 Å². The highest BCUT2D eigenvalue weighted by atomic mass is 32.1. The molecule has 0 radical (unpaired) electrons. The fraction of sp³-hybridized carbons (Fsp3) is 0. The topological polar surface area (TPSA) is 43.6 Å². The van der Waals surface area contributed by atoms with Crippen molar-refractivity contribution in [3.63, 3.8) is 0 Å². The number of hydrogen-bond donors (Lipinski definition) is 0. The highest BCUT2D eigenvalue weighted by molar-refractivity contribution is 7.26. The maximum absolute atomic E-state index is 5.27. The van der Waals surface area contributed by atoms with Gasteiger partial charge in [-0.15, -0.1) is 11.3 Å². The van der Waals surface area contributed by atoms with Gasteiger partial charge >= 0.3 is 0 Å². The molecule has 12 aromatic rings. The number of aromatic nitrogens is 4. The molecule has 0 aliphatic carbocycles. The molecule has 3 heterocycles. The molecular weight excluding hydrogens is 773 g/mol. The minimum atomic E-state index is 0.609. The Morgan fingerprint density at radius 2 is 0.806 bits per heavy atom. The molecule has 4 nitrogen and oxygen atoms in total. The second kappa shape index (κ2) is 14.9. The lowest BCUT2D eigenvalue weighted by molar-refractivity contribution is 1.07. The van der Waals surface area contributed by atoms with Crippen LogP contribution in [0.25, 0.3) is 115 Å². The molecule has 5 heteroatoms. The maximum atomic E-state index is 5.27. The maximum Gasteiger partial charge on any atom is 0.164 e. The zero-order chi connectivity index (χ0) is 41.0. The number of fused-ring (bicyclic) bond motifs is 6. The standard InChI is InChI=1S/C57H36N4S/c1-4-16-37(17-5-1)43-35-34-42(36-51(43)61-50-28-12-10-22-46(50)48-26-14-24-44(53(48)61)38-18-6-2-7-19-38)57-59-55(40-20-8-3-9-21-40)58-56(60-57)41-32-30-39(31-33-41)45-25-15-27-49-47-23-11-13-29-52(47)62-54(45)49/h1-36H. The summed E-state index contributed by atoms with van der Waals surface area (Å²) in [5.74, 6) is 1.86. The van der Waals surface area contributed by atoms with Crippen LogP contribution >= 0.6 is 11.3 Å². The number of para-hydroxylation sites is 2. The van der Waals surface area contributed by atoms with E-state index in [4.69, 9.17) is 15.0 Å². The van der Waals surface area contributed by atoms with E-state index in [1.807, 2.05) is 29.5 Å². The van der Waals surface area contributed by atoms with Crippen LogP contribution in [0.2, 0.25) is 0 Å². The zero-order valence-corrected chi connectivity index (χ0v) is 34.3. The Bertz CT molecular complexity index is 3610. The van der Waals surface area contributed by atoms with E-state index >= 15 is 0 Å². The molecule has 9 aromatic carbocycles. The van der Waals surface area contributed by atoms with Crippen molar-refractivity contribution < 1.29 is 0 Å². The van der Waals surface area contributed by atoms with Gasteiger partial charge in [0.15, 0.2) is 17.5 Å². The fourth-order valence-corrected chi connectivity index (χ4v) is 10.2. The van der Waals surface area contributed by atoms with Crippen molar-refractivity contribution in [3.05, 3.63) is 218 Å². The molecule has 0 saturated carbocycles. The van der Waals surface area contributed by atoms with Crippen LogP contribution in [0.1, 0.15) is 0 Å². The van der Waals surface area contributed by atoms with Crippen molar-refractivity contribution in [2.45, 2.75) is 0 Å². The van der Waals surface area contributed by atoms with Crippen LogP contribution < -0.4 is 0 Å². The summed E-state index contributed by atoms with van der Waals surface area (Å²) in [5, 5.41) is 4.99. The molecule has 0 bridgehead atoms. The number of nitrogens with zero attached hydrogens (tertiary/aromatic N) is 4. The number of benzene rings is 9. The third-order valence-electron chi connectivity index (χ3n) is 11.9. The Balaban J connectivity index is 1.05. The summed E-state index contributed by atoms with van der Waals surface area (Å²) in [6.45, 7) is 0. The first kappa shape index (κ1) is 35.9. The summed E-state index contributed by atoms with van der Waals surface area (Å²) in [5.41, 5.74) is 13.1. The molecule has 0 fully saturated rings. The minimum Gasteiger partial charge on any atom is -0.308 e. The van der Waals surface area contributed by atoms with Crippen LogP contribution in [-0.4, -0.2) is 19.5 Å². The van der Waals surface area contributed by atoms with Gasteiger partial charge in [-0.3, -0.25) is 0 Å². The van der Waals surface area contributed by atoms with E-state index in [0.717, 1.165) is 50.1 Å². The predicted octanol–water partition coefficient (Wildman–Crippen LogP) is 15.3. The highest BCUT2D eigenvalue weighted by Crippen LogP contribution is 2.43. The van der Waals surface area contributed by atoms with Gasteiger partial charge in [0.1, 0.15) is 0 Å². The van der Waals surface area contributed by atoms with Crippen LogP contribution in [0.5, 0.6) is 0 Å². The van der Waals surface area contributed by atoms with Crippen LogP contribution in [0.4, 0.5) is 0 Å². The second-order valence-corrected chi connectivity index (χ2v) is 16.6. The van der Waals surface area contributed by atoms with Gasteiger partial charge in [-0.1, -0.05) is 200 Å². The second-order valence-electron chi connectivity index (χ2n) is 15.5. The first-order chi connectivity index (χ1) is 30.7. The largest absolute Gasteiger partial charge is 0.308 e. The summed E-state index contributed by atoms with van der Waals surface area (Å²) in [6, 6.07) is 77.5. The third-order valence-corrected chi connectivity index (χ3v) is 13.1. The quantitative estimate of drug-likeness (QED) is 0.161. The molecule has 3 aromatic heterocycles. The summed E-state index contributed by atoms with van der Waals surface area (Å²) in [6.07, 6.45) is 0. The lowest BCUT2D eigenvalue weighted by Gasteiger charge is -2.18. The first-order valence-electron chi connectivity index (χ1n) is 20.9. The fourth-order valence-electron chi connectivity index (χ4n) is 8.96. The molecule has 0 N–H and O–H groups in total. The Kier molecular flexibility index (Phi) is 8.65. The average molecular weight is 809 g/mol. The molecular formula is C57H36N4S. The monoisotopic (exact) mass is 808 g/mol. The number of hydrogen-bond acceptors (Lipinski definition) is 4. The van der Waals surface area contributed by atoms with Crippen molar-refractivity contribution in [1.82, 2.24) is 19.5 Å². The summed E-state index contributed by atoms with van der Waals surface area (Å²) < 4.78 is 5.03. The lowest BCUT2D eigenvalue weighted by Crippen LogP contribution is -2.02. The van der Waals surface area contributed by atoms with E-state index in [2.05, 4.69) is 205 Å². The Morgan fingerprint density at radius 3 is 1.52 bits per heavy atom. The molecule has 0 saturated heterocycles. The molecule has 0 aliphatic rings.